The van der Waals surface area contributed by atoms with Crippen LogP contribution in [0.1, 0.15) is 53.6 Å². The standard InChI is InChI=1S/C25H29NO5/c1-4-30-18-9-10-21(20(14-18)16-5-7-17(8-6-16)25(27)28)31-24-19-11-12-26-23(19)15(2)13-22(24)29-3/h5-8,11-13,18,20-21,26H,4,9-10,14H2,1-3H3,(H,27,28)/t18-,20-,21+/m0/s1. The summed E-state index contributed by atoms with van der Waals surface area (Å²) in [6.45, 7) is 4.74. The second-order valence-electron chi connectivity index (χ2n) is 8.07. The van der Waals surface area contributed by atoms with Gasteiger partial charge in [-0.1, -0.05) is 12.1 Å². The predicted molar refractivity (Wildman–Crippen MR) is 119 cm³/mol. The Balaban J connectivity index is 1.69. The van der Waals surface area contributed by atoms with Gasteiger partial charge in [0.05, 0.1) is 24.3 Å². The summed E-state index contributed by atoms with van der Waals surface area (Å²) in [5, 5.41) is 10.2. The van der Waals surface area contributed by atoms with Gasteiger partial charge in [0.2, 0.25) is 0 Å². The number of hydrogen-bond donors (Lipinski definition) is 2. The van der Waals surface area contributed by atoms with Crippen LogP contribution in [0, 0.1) is 6.92 Å². The molecule has 0 spiro atoms. The monoisotopic (exact) mass is 423 g/mol. The maximum absolute atomic E-state index is 11.3. The summed E-state index contributed by atoms with van der Waals surface area (Å²) in [5.74, 6) is 0.635. The summed E-state index contributed by atoms with van der Waals surface area (Å²) < 4.78 is 18.3. The van der Waals surface area contributed by atoms with Crippen molar-refractivity contribution in [2.75, 3.05) is 13.7 Å². The van der Waals surface area contributed by atoms with E-state index in [1.165, 1.54) is 0 Å². The van der Waals surface area contributed by atoms with E-state index in [2.05, 4.69) is 4.98 Å². The molecule has 1 saturated carbocycles. The van der Waals surface area contributed by atoms with E-state index < -0.39 is 5.97 Å². The summed E-state index contributed by atoms with van der Waals surface area (Å²) in [5.41, 5.74) is 3.50. The number of H-pyrrole nitrogens is 1. The van der Waals surface area contributed by atoms with Gasteiger partial charge in [-0.15, -0.1) is 0 Å². The lowest BCUT2D eigenvalue weighted by Gasteiger charge is -2.36. The molecule has 6 heteroatoms. The summed E-state index contributed by atoms with van der Waals surface area (Å²) in [7, 11) is 1.66. The van der Waals surface area contributed by atoms with Crippen LogP contribution in [0.25, 0.3) is 10.9 Å². The normalized spacial score (nSPS) is 21.2. The highest BCUT2D eigenvalue weighted by atomic mass is 16.5. The Labute approximate surface area is 182 Å². The lowest BCUT2D eigenvalue weighted by atomic mass is 9.79. The van der Waals surface area contributed by atoms with Gasteiger partial charge in [0.25, 0.3) is 0 Å². The number of methoxy groups -OCH3 is 1. The first-order valence-electron chi connectivity index (χ1n) is 10.8. The zero-order valence-corrected chi connectivity index (χ0v) is 18.2. The van der Waals surface area contributed by atoms with Crippen LogP contribution in [0.2, 0.25) is 0 Å². The first-order chi connectivity index (χ1) is 15.0. The minimum atomic E-state index is -0.922. The van der Waals surface area contributed by atoms with Gasteiger partial charge in [-0.25, -0.2) is 4.79 Å². The number of aromatic carboxylic acids is 1. The quantitative estimate of drug-likeness (QED) is 0.539. The van der Waals surface area contributed by atoms with Crippen LogP contribution in [0.3, 0.4) is 0 Å². The van der Waals surface area contributed by atoms with E-state index in [-0.39, 0.29) is 23.7 Å². The molecule has 0 aliphatic heterocycles. The molecular weight excluding hydrogens is 394 g/mol. The zero-order chi connectivity index (χ0) is 22.0. The maximum Gasteiger partial charge on any atom is 0.335 e. The minimum absolute atomic E-state index is 0.0675. The molecule has 1 aliphatic carbocycles. The van der Waals surface area contributed by atoms with E-state index in [1.807, 2.05) is 44.3 Å². The van der Waals surface area contributed by atoms with E-state index in [1.54, 1.807) is 19.2 Å². The van der Waals surface area contributed by atoms with Crippen molar-refractivity contribution in [3.63, 3.8) is 0 Å². The van der Waals surface area contributed by atoms with Gasteiger partial charge in [-0.3, -0.25) is 0 Å². The zero-order valence-electron chi connectivity index (χ0n) is 18.2. The van der Waals surface area contributed by atoms with Crippen LogP contribution in [0.15, 0.2) is 42.6 Å². The maximum atomic E-state index is 11.3. The van der Waals surface area contributed by atoms with Gasteiger partial charge in [-0.2, -0.15) is 0 Å². The lowest BCUT2D eigenvalue weighted by Crippen LogP contribution is -2.35. The molecule has 0 bridgehead atoms. The van der Waals surface area contributed by atoms with Gasteiger partial charge in [0.15, 0.2) is 11.5 Å². The summed E-state index contributed by atoms with van der Waals surface area (Å²) >= 11 is 0. The van der Waals surface area contributed by atoms with Crippen molar-refractivity contribution in [3.8, 4) is 11.5 Å². The number of aryl methyl sites for hydroxylation is 1. The van der Waals surface area contributed by atoms with Crippen LogP contribution < -0.4 is 9.47 Å². The fraction of sp³-hybridized carbons (Fsp3) is 0.400. The number of fused-ring (bicyclic) bond motifs is 1. The average molecular weight is 424 g/mol. The molecule has 1 heterocycles. The Hall–Kier alpha value is -2.99. The van der Waals surface area contributed by atoms with Crippen LogP contribution in [0.4, 0.5) is 0 Å². The molecule has 2 N–H and O–H groups in total. The molecular formula is C25H29NO5. The highest BCUT2D eigenvalue weighted by Gasteiger charge is 2.34. The van der Waals surface area contributed by atoms with E-state index in [0.717, 1.165) is 52.8 Å². The van der Waals surface area contributed by atoms with Gasteiger partial charge < -0.3 is 24.3 Å². The molecule has 3 aromatic rings. The number of rotatable bonds is 7. The first kappa shape index (κ1) is 21.2. The van der Waals surface area contributed by atoms with Crippen molar-refractivity contribution in [2.24, 2.45) is 0 Å². The Morgan fingerprint density at radius 2 is 1.97 bits per heavy atom. The summed E-state index contributed by atoms with van der Waals surface area (Å²) in [4.78, 5) is 14.6. The molecule has 0 amide bonds. The number of hydrogen-bond acceptors (Lipinski definition) is 4. The first-order valence-corrected chi connectivity index (χ1v) is 10.8. The number of carbonyl (C=O) groups is 1. The van der Waals surface area contributed by atoms with Crippen LogP contribution in [-0.4, -0.2) is 42.0 Å². The van der Waals surface area contributed by atoms with E-state index >= 15 is 0 Å². The molecule has 1 aromatic heterocycles. The molecule has 0 saturated heterocycles. The SMILES string of the molecule is CCO[C@H]1CC[C@@H](Oc2c(OC)cc(C)c3[nH]ccc23)[C@H](c2ccc(C(=O)O)cc2)C1. The van der Waals surface area contributed by atoms with Gasteiger partial charge in [0.1, 0.15) is 6.10 Å². The van der Waals surface area contributed by atoms with Gasteiger partial charge >= 0.3 is 5.97 Å². The van der Waals surface area contributed by atoms with Crippen molar-refractivity contribution in [2.45, 2.75) is 51.2 Å². The molecule has 31 heavy (non-hydrogen) atoms. The molecule has 0 radical (unpaired) electrons. The fourth-order valence-corrected chi connectivity index (χ4v) is 4.63. The molecule has 2 aromatic carbocycles. The van der Waals surface area contributed by atoms with Crippen molar-refractivity contribution in [1.82, 2.24) is 4.98 Å². The molecule has 1 fully saturated rings. The third-order valence-electron chi connectivity index (χ3n) is 6.17. The Morgan fingerprint density at radius 1 is 1.19 bits per heavy atom. The third-order valence-corrected chi connectivity index (χ3v) is 6.17. The second kappa shape index (κ2) is 9.02. The highest BCUT2D eigenvalue weighted by Crippen LogP contribution is 2.43. The Bertz CT molecular complexity index is 1060. The number of nitrogens with one attached hydrogen (secondary N) is 1. The van der Waals surface area contributed by atoms with E-state index in [9.17, 15) is 9.90 Å². The number of carboxylic acid groups (broad SMARTS) is 1. The second-order valence-corrected chi connectivity index (χ2v) is 8.07. The van der Waals surface area contributed by atoms with Crippen LogP contribution >= 0.6 is 0 Å². The topological polar surface area (TPSA) is 80.8 Å². The molecule has 4 rings (SSSR count). The van der Waals surface area contributed by atoms with Crippen LogP contribution in [0.5, 0.6) is 11.5 Å². The lowest BCUT2D eigenvalue weighted by molar-refractivity contribution is -0.00249. The molecule has 6 nitrogen and oxygen atoms in total. The largest absolute Gasteiger partial charge is 0.493 e. The van der Waals surface area contributed by atoms with Crippen LogP contribution in [-0.2, 0) is 4.74 Å². The number of ether oxygens (including phenoxy) is 3. The average Bonchev–Trinajstić information content (AvgIpc) is 3.27. The number of aromatic nitrogens is 1. The van der Waals surface area contributed by atoms with Crippen molar-refractivity contribution >= 4 is 16.9 Å². The molecule has 3 atom stereocenters. The number of aromatic amines is 1. The predicted octanol–water partition coefficient (Wildman–Crippen LogP) is 5.30. The van der Waals surface area contributed by atoms with E-state index in [4.69, 9.17) is 14.2 Å². The third kappa shape index (κ3) is 4.26. The fourth-order valence-electron chi connectivity index (χ4n) is 4.63. The van der Waals surface area contributed by atoms with Crippen molar-refractivity contribution < 1.29 is 24.1 Å². The Kier molecular flexibility index (Phi) is 6.18. The highest BCUT2D eigenvalue weighted by molar-refractivity contribution is 5.91. The van der Waals surface area contributed by atoms with Gasteiger partial charge in [0, 0.05) is 24.1 Å². The molecule has 1 aliphatic rings. The molecule has 164 valence electrons. The number of benzene rings is 2. The number of carboxylic acids is 1. The van der Waals surface area contributed by atoms with Crippen molar-refractivity contribution in [3.05, 3.63) is 59.3 Å². The smallest absolute Gasteiger partial charge is 0.335 e. The van der Waals surface area contributed by atoms with Gasteiger partial charge in [-0.05, 0) is 68.5 Å². The summed E-state index contributed by atoms with van der Waals surface area (Å²) in [6.07, 6.45) is 4.61. The van der Waals surface area contributed by atoms with E-state index in [0.29, 0.717) is 6.61 Å². The molecule has 0 unspecified atom stereocenters. The van der Waals surface area contributed by atoms with Crippen molar-refractivity contribution in [1.29, 1.82) is 0 Å². The minimum Gasteiger partial charge on any atom is -0.493 e. The Morgan fingerprint density at radius 3 is 2.65 bits per heavy atom. The summed E-state index contributed by atoms with van der Waals surface area (Å²) in [6, 6.07) is 11.1.